The summed E-state index contributed by atoms with van der Waals surface area (Å²) in [6.07, 6.45) is 0. The predicted octanol–water partition coefficient (Wildman–Crippen LogP) is 3.04. The van der Waals surface area contributed by atoms with Crippen molar-refractivity contribution in [1.29, 1.82) is 0 Å². The fourth-order valence-electron chi connectivity index (χ4n) is 3.51. The number of rotatable bonds is 0. The average molecular weight is 282 g/mol. The van der Waals surface area contributed by atoms with Crippen molar-refractivity contribution >= 4 is 5.91 Å². The van der Waals surface area contributed by atoms with Gasteiger partial charge in [-0.05, 0) is 12.1 Å². The van der Waals surface area contributed by atoms with Crippen LogP contribution in [-0.2, 0) is 4.79 Å². The average Bonchev–Trinajstić information content (AvgIpc) is 2.64. The number of ether oxygens (including phenoxy) is 1. The second kappa shape index (κ2) is 4.16. The first-order chi connectivity index (χ1) is 10.1. The molecule has 2 aliphatic heterocycles. The van der Waals surface area contributed by atoms with Crippen LogP contribution in [0, 0.1) is 0 Å². The smallest absolute Gasteiger partial charge is 0.353 e. The number of hydrogen-bond acceptors (Lipinski definition) is 3. The molecule has 2 aliphatic rings. The molecule has 4 nitrogen and oxygen atoms in total. The molecule has 4 heteroatoms. The van der Waals surface area contributed by atoms with Crippen molar-refractivity contribution in [2.45, 2.75) is 11.8 Å². The molecule has 106 valence electrons. The highest BCUT2D eigenvalue weighted by atomic mass is 16.6. The van der Waals surface area contributed by atoms with Crippen LogP contribution < -0.4 is 4.74 Å². The lowest BCUT2D eigenvalue weighted by atomic mass is 9.84. The van der Waals surface area contributed by atoms with Crippen LogP contribution in [0.25, 0.3) is 0 Å². The number of nitrogens with zero attached hydrogens (tertiary/aromatic N) is 1. The Morgan fingerprint density at radius 2 is 1.62 bits per heavy atom. The fraction of sp³-hybridized carbons (Fsp3) is 0.235. The number of amides is 1. The van der Waals surface area contributed by atoms with E-state index in [-0.39, 0.29) is 17.7 Å². The van der Waals surface area contributed by atoms with E-state index in [2.05, 4.69) is 0 Å². The maximum absolute atomic E-state index is 12.7. The number of quaternary nitrogens is 1. The number of hydrogen-bond donors (Lipinski definition) is 1. The maximum atomic E-state index is 12.7. The number of para-hydroxylation sites is 2. The van der Waals surface area contributed by atoms with Crippen LogP contribution in [0.1, 0.15) is 23.0 Å². The number of likely N-dealkylation sites (tertiary alicyclic amines) is 1. The van der Waals surface area contributed by atoms with Crippen LogP contribution in [-0.4, -0.2) is 29.4 Å². The van der Waals surface area contributed by atoms with E-state index in [1.165, 1.54) is 0 Å². The lowest BCUT2D eigenvalue weighted by Crippen LogP contribution is -2.42. The number of fused-ring (bicyclic) bond motifs is 5. The summed E-state index contributed by atoms with van der Waals surface area (Å²) < 4.78 is 5.44. The molecule has 0 bridgehead atoms. The molecule has 1 N–H and O–H groups in total. The van der Waals surface area contributed by atoms with Crippen LogP contribution in [0.15, 0.2) is 48.5 Å². The quantitative estimate of drug-likeness (QED) is 0.597. The highest BCUT2D eigenvalue weighted by Gasteiger charge is 2.55. The predicted molar refractivity (Wildman–Crippen MR) is 76.3 cm³/mol. The number of likely N-dealkylation sites (N-methyl/N-ethyl adjacent to an activating group) is 1. The highest BCUT2D eigenvalue weighted by molar-refractivity contribution is 5.82. The number of hydroxylamine groups is 3. The molecule has 21 heavy (non-hydrogen) atoms. The van der Waals surface area contributed by atoms with Crippen molar-refractivity contribution in [3.63, 3.8) is 0 Å². The summed E-state index contributed by atoms with van der Waals surface area (Å²) in [6, 6.07) is 15.4. The summed E-state index contributed by atoms with van der Waals surface area (Å²) in [5, 5.41) is 10.4. The third-order valence-corrected chi connectivity index (χ3v) is 4.49. The zero-order valence-electron chi connectivity index (χ0n) is 11.7. The first kappa shape index (κ1) is 12.6. The van der Waals surface area contributed by atoms with Crippen LogP contribution in [0.5, 0.6) is 11.5 Å². The van der Waals surface area contributed by atoms with Gasteiger partial charge in [-0.3, -0.25) is 0 Å². The minimum absolute atomic E-state index is 0.0626. The van der Waals surface area contributed by atoms with Gasteiger partial charge in [0.2, 0.25) is 0 Å². The largest absolute Gasteiger partial charge is 0.457 e. The van der Waals surface area contributed by atoms with Gasteiger partial charge in [0.25, 0.3) is 0 Å². The van der Waals surface area contributed by atoms with Crippen molar-refractivity contribution in [1.82, 2.24) is 0 Å². The van der Waals surface area contributed by atoms with E-state index < -0.39 is 4.65 Å². The number of carbonyl (C=O) groups is 1. The lowest BCUT2D eigenvalue weighted by molar-refractivity contribution is -1.02. The third-order valence-electron chi connectivity index (χ3n) is 4.49. The first-order valence-electron chi connectivity index (χ1n) is 7.06. The second-order valence-corrected chi connectivity index (χ2v) is 5.92. The molecular weight excluding hydrogens is 266 g/mol. The Kier molecular flexibility index (Phi) is 2.49. The van der Waals surface area contributed by atoms with E-state index in [4.69, 9.17) is 4.74 Å². The van der Waals surface area contributed by atoms with Gasteiger partial charge in [0.15, 0.2) is 0 Å². The second-order valence-electron chi connectivity index (χ2n) is 5.92. The van der Waals surface area contributed by atoms with Gasteiger partial charge in [0.05, 0.1) is 5.92 Å². The Morgan fingerprint density at radius 3 is 2.33 bits per heavy atom. The van der Waals surface area contributed by atoms with Gasteiger partial charge in [-0.1, -0.05) is 36.4 Å². The van der Waals surface area contributed by atoms with E-state index in [0.29, 0.717) is 12.3 Å². The summed E-state index contributed by atoms with van der Waals surface area (Å²) in [5.74, 6) is 0.875. The van der Waals surface area contributed by atoms with Crippen molar-refractivity contribution in [2.75, 3.05) is 13.6 Å². The summed E-state index contributed by atoms with van der Waals surface area (Å²) >= 11 is 0. The van der Waals surface area contributed by atoms with Crippen molar-refractivity contribution < 1.29 is 19.4 Å². The molecule has 4 rings (SSSR count). The summed E-state index contributed by atoms with van der Waals surface area (Å²) in [5.41, 5.74) is 1.85. The lowest BCUT2D eigenvalue weighted by Gasteiger charge is -2.17. The normalized spacial score (nSPS) is 29.9. The molecule has 1 amide bonds. The van der Waals surface area contributed by atoms with Gasteiger partial charge >= 0.3 is 5.91 Å². The van der Waals surface area contributed by atoms with Gasteiger partial charge in [0.1, 0.15) is 31.0 Å². The molecule has 1 fully saturated rings. The number of carbonyl (C=O) groups excluding carboxylic acids is 1. The van der Waals surface area contributed by atoms with Crippen LogP contribution in [0.2, 0.25) is 0 Å². The van der Waals surface area contributed by atoms with Crippen LogP contribution in [0.4, 0.5) is 0 Å². The summed E-state index contributed by atoms with van der Waals surface area (Å²) in [6.45, 7) is 0.373. The van der Waals surface area contributed by atoms with Gasteiger partial charge in [-0.15, -0.1) is 4.65 Å². The van der Waals surface area contributed by atoms with Gasteiger partial charge in [0, 0.05) is 11.1 Å². The molecule has 2 heterocycles. The highest BCUT2D eigenvalue weighted by Crippen LogP contribution is 2.51. The van der Waals surface area contributed by atoms with Gasteiger partial charge in [-0.25, -0.2) is 10.0 Å². The fourth-order valence-corrected chi connectivity index (χ4v) is 3.51. The molecule has 2 aromatic rings. The van der Waals surface area contributed by atoms with Crippen LogP contribution >= 0.6 is 0 Å². The minimum atomic E-state index is -0.571. The molecule has 0 saturated carbocycles. The SMILES string of the molecule is C[N+]1(O)CC2c3ccccc3Oc3ccccc3C2C1=O. The molecular formula is C17H16NO3+. The maximum Gasteiger partial charge on any atom is 0.353 e. The van der Waals surface area contributed by atoms with Crippen LogP contribution in [0.3, 0.4) is 0 Å². The molecule has 0 aromatic heterocycles. The van der Waals surface area contributed by atoms with E-state index in [1.54, 1.807) is 7.05 Å². The zero-order valence-corrected chi connectivity index (χ0v) is 11.7. The molecule has 3 atom stereocenters. The Bertz CT molecular complexity index is 738. The van der Waals surface area contributed by atoms with Crippen molar-refractivity contribution in [2.24, 2.45) is 0 Å². The molecule has 0 radical (unpaired) electrons. The number of benzene rings is 2. The Morgan fingerprint density at radius 1 is 1.05 bits per heavy atom. The monoisotopic (exact) mass is 282 g/mol. The van der Waals surface area contributed by atoms with E-state index in [1.807, 2.05) is 48.5 Å². The Labute approximate surface area is 122 Å². The summed E-state index contributed by atoms with van der Waals surface area (Å²) in [4.78, 5) is 12.7. The van der Waals surface area contributed by atoms with E-state index >= 15 is 0 Å². The molecule has 1 saturated heterocycles. The minimum Gasteiger partial charge on any atom is -0.457 e. The summed E-state index contributed by atoms with van der Waals surface area (Å²) in [7, 11) is 1.56. The first-order valence-corrected chi connectivity index (χ1v) is 7.06. The van der Waals surface area contributed by atoms with Crippen molar-refractivity contribution in [3.05, 3.63) is 59.7 Å². The molecule has 0 spiro atoms. The molecule has 3 unspecified atom stereocenters. The Hall–Kier alpha value is -2.17. The standard InChI is InChI=1S/C17H16NO3/c1-18(20)10-13-11-6-2-4-8-14(11)21-15-9-5-3-7-12(15)16(13)17(18)19/h2-9,13,16,20H,10H2,1H3/q+1. The Balaban J connectivity index is 1.99. The van der Waals surface area contributed by atoms with Gasteiger partial charge < -0.3 is 4.74 Å². The zero-order chi connectivity index (χ0) is 14.6. The molecule has 0 aliphatic carbocycles. The van der Waals surface area contributed by atoms with Gasteiger partial charge in [-0.2, -0.15) is 0 Å². The third kappa shape index (κ3) is 1.73. The molecule has 2 aromatic carbocycles. The van der Waals surface area contributed by atoms with E-state index in [0.717, 1.165) is 16.9 Å². The van der Waals surface area contributed by atoms with E-state index in [9.17, 15) is 10.0 Å². The topological polar surface area (TPSA) is 46.5 Å². The van der Waals surface area contributed by atoms with Crippen molar-refractivity contribution in [3.8, 4) is 11.5 Å².